The fraction of sp³-hybridized carbons (Fsp3) is 0.188. The number of carbonyl (C=O) groups is 1. The van der Waals surface area contributed by atoms with E-state index in [2.05, 4.69) is 10.3 Å². The number of hydrogen-bond donors (Lipinski definition) is 1. The lowest BCUT2D eigenvalue weighted by Crippen LogP contribution is -2.28. The topological polar surface area (TPSA) is 78.2 Å². The summed E-state index contributed by atoms with van der Waals surface area (Å²) in [4.78, 5) is 28.7. The van der Waals surface area contributed by atoms with E-state index in [1.54, 1.807) is 25.4 Å². The van der Waals surface area contributed by atoms with Gasteiger partial charge in [0.05, 0.1) is 18.1 Å². The molecule has 23 heavy (non-hydrogen) atoms. The number of anilines is 1. The minimum absolute atomic E-state index is 0.0973. The zero-order valence-corrected chi connectivity index (χ0v) is 12.8. The molecule has 2 aromatic heterocycles. The Morgan fingerprint density at radius 3 is 2.70 bits per heavy atom. The van der Waals surface area contributed by atoms with Gasteiger partial charge in [0.1, 0.15) is 6.54 Å². The summed E-state index contributed by atoms with van der Waals surface area (Å²) in [6.07, 6.45) is 1.56. The molecule has 0 fully saturated rings. The number of hydrogen-bond acceptors (Lipinski definition) is 4. The maximum Gasteiger partial charge on any atom is 0.329 e. The number of aromatic nitrogens is 3. The van der Waals surface area contributed by atoms with Gasteiger partial charge in [0.2, 0.25) is 5.91 Å². The standard InChI is InChI=1S/C16H16N4O3/c1-19-11-6-3-4-7-12(11)20(16(19)22)10-14(21)18-15-13(23-2)8-5-9-17-15/h3-9H,10H2,1-2H3,(H,17,18,21). The maximum atomic E-state index is 12.3. The summed E-state index contributed by atoms with van der Waals surface area (Å²) in [5.74, 6) is 0.444. The van der Waals surface area contributed by atoms with Crippen LogP contribution in [0.25, 0.3) is 11.0 Å². The van der Waals surface area contributed by atoms with Crippen LogP contribution in [0.15, 0.2) is 47.4 Å². The van der Waals surface area contributed by atoms with Crippen molar-refractivity contribution in [2.75, 3.05) is 12.4 Å². The van der Waals surface area contributed by atoms with Gasteiger partial charge in [-0.05, 0) is 24.3 Å². The van der Waals surface area contributed by atoms with Crippen molar-refractivity contribution in [1.82, 2.24) is 14.1 Å². The van der Waals surface area contributed by atoms with E-state index in [-0.39, 0.29) is 18.1 Å². The van der Waals surface area contributed by atoms with Crippen LogP contribution in [-0.2, 0) is 18.4 Å². The number of carbonyl (C=O) groups excluding carboxylic acids is 1. The van der Waals surface area contributed by atoms with Gasteiger partial charge in [0.25, 0.3) is 0 Å². The number of amides is 1. The average Bonchev–Trinajstić information content (AvgIpc) is 2.81. The average molecular weight is 312 g/mol. The van der Waals surface area contributed by atoms with Crippen LogP contribution in [-0.4, -0.2) is 27.1 Å². The maximum absolute atomic E-state index is 12.3. The molecular weight excluding hydrogens is 296 g/mol. The Morgan fingerprint density at radius 1 is 1.22 bits per heavy atom. The molecule has 1 aromatic carbocycles. The van der Waals surface area contributed by atoms with Crippen molar-refractivity contribution in [3.63, 3.8) is 0 Å². The Hall–Kier alpha value is -3.09. The Balaban J connectivity index is 1.89. The number of methoxy groups -OCH3 is 1. The number of nitrogens with one attached hydrogen (secondary N) is 1. The largest absolute Gasteiger partial charge is 0.493 e. The molecule has 7 nitrogen and oxygen atoms in total. The number of pyridine rings is 1. The molecule has 1 N–H and O–H groups in total. The van der Waals surface area contributed by atoms with Crippen LogP contribution in [0.4, 0.5) is 5.82 Å². The SMILES string of the molecule is COc1cccnc1NC(=O)Cn1c(=O)n(C)c2ccccc21. The number of benzene rings is 1. The lowest BCUT2D eigenvalue weighted by Gasteiger charge is -2.09. The highest BCUT2D eigenvalue weighted by Crippen LogP contribution is 2.20. The quantitative estimate of drug-likeness (QED) is 0.789. The summed E-state index contributed by atoms with van der Waals surface area (Å²) in [7, 11) is 3.18. The summed E-state index contributed by atoms with van der Waals surface area (Å²) >= 11 is 0. The van der Waals surface area contributed by atoms with Crippen molar-refractivity contribution in [2.45, 2.75) is 6.54 Å². The third-order valence-electron chi connectivity index (χ3n) is 3.60. The van der Waals surface area contributed by atoms with E-state index < -0.39 is 0 Å². The van der Waals surface area contributed by atoms with Crippen molar-refractivity contribution in [1.29, 1.82) is 0 Å². The molecular formula is C16H16N4O3. The highest BCUT2D eigenvalue weighted by molar-refractivity contribution is 5.92. The van der Waals surface area contributed by atoms with E-state index in [1.165, 1.54) is 16.2 Å². The van der Waals surface area contributed by atoms with Crippen LogP contribution in [0, 0.1) is 0 Å². The van der Waals surface area contributed by atoms with Crippen LogP contribution in [0.1, 0.15) is 0 Å². The molecule has 0 atom stereocenters. The molecule has 3 rings (SSSR count). The Bertz CT molecular complexity index is 926. The van der Waals surface area contributed by atoms with E-state index in [0.717, 1.165) is 5.52 Å². The van der Waals surface area contributed by atoms with Crippen LogP contribution in [0.2, 0.25) is 0 Å². The number of fused-ring (bicyclic) bond motifs is 1. The Labute approximate surface area is 132 Å². The molecule has 0 saturated carbocycles. The van der Waals surface area contributed by atoms with Gasteiger partial charge in [-0.15, -0.1) is 0 Å². The van der Waals surface area contributed by atoms with Crippen molar-refractivity contribution in [3.8, 4) is 5.75 Å². The number of ether oxygens (including phenoxy) is 1. The van der Waals surface area contributed by atoms with Crippen molar-refractivity contribution in [2.24, 2.45) is 7.05 Å². The van der Waals surface area contributed by atoms with Gasteiger partial charge in [0, 0.05) is 13.2 Å². The minimum atomic E-state index is -0.347. The molecule has 0 unspecified atom stereocenters. The van der Waals surface area contributed by atoms with E-state index in [9.17, 15) is 9.59 Å². The molecule has 0 saturated heterocycles. The molecule has 3 aromatic rings. The number of aryl methyl sites for hydroxylation is 1. The van der Waals surface area contributed by atoms with Gasteiger partial charge in [-0.2, -0.15) is 0 Å². The Kier molecular flexibility index (Phi) is 3.84. The first-order valence-corrected chi connectivity index (χ1v) is 7.05. The lowest BCUT2D eigenvalue weighted by molar-refractivity contribution is -0.116. The molecule has 0 radical (unpaired) electrons. The Morgan fingerprint density at radius 2 is 1.96 bits per heavy atom. The molecule has 0 aliphatic rings. The monoisotopic (exact) mass is 312 g/mol. The van der Waals surface area contributed by atoms with Crippen molar-refractivity contribution < 1.29 is 9.53 Å². The molecule has 0 spiro atoms. The predicted octanol–water partition coefficient (Wildman–Crippen LogP) is 1.38. The summed E-state index contributed by atoms with van der Waals surface area (Å²) in [6.45, 7) is -0.0973. The first kappa shape index (κ1) is 14.8. The minimum Gasteiger partial charge on any atom is -0.493 e. The highest BCUT2D eigenvalue weighted by atomic mass is 16.5. The molecule has 2 heterocycles. The first-order valence-electron chi connectivity index (χ1n) is 7.05. The van der Waals surface area contributed by atoms with Gasteiger partial charge in [0.15, 0.2) is 11.6 Å². The zero-order valence-electron chi connectivity index (χ0n) is 12.8. The fourth-order valence-corrected chi connectivity index (χ4v) is 2.48. The normalized spacial score (nSPS) is 10.7. The van der Waals surface area contributed by atoms with Gasteiger partial charge in [-0.3, -0.25) is 13.9 Å². The molecule has 118 valence electrons. The summed E-state index contributed by atoms with van der Waals surface area (Å²) < 4.78 is 8.09. The van der Waals surface area contributed by atoms with Crippen LogP contribution >= 0.6 is 0 Å². The van der Waals surface area contributed by atoms with Gasteiger partial charge in [-0.1, -0.05) is 12.1 Å². The third kappa shape index (κ3) is 2.68. The molecule has 7 heteroatoms. The van der Waals surface area contributed by atoms with Crippen LogP contribution in [0.3, 0.4) is 0 Å². The summed E-state index contributed by atoms with van der Waals surface area (Å²) in [5.41, 5.74) is 1.25. The number of imidazole rings is 1. The smallest absolute Gasteiger partial charge is 0.329 e. The van der Waals surface area contributed by atoms with E-state index in [0.29, 0.717) is 17.1 Å². The summed E-state index contributed by atoms with van der Waals surface area (Å²) in [5, 5.41) is 2.67. The van der Waals surface area contributed by atoms with Gasteiger partial charge >= 0.3 is 5.69 Å². The van der Waals surface area contributed by atoms with Gasteiger partial charge in [-0.25, -0.2) is 9.78 Å². The number of nitrogens with zero attached hydrogens (tertiary/aromatic N) is 3. The van der Waals surface area contributed by atoms with Crippen LogP contribution in [0.5, 0.6) is 5.75 Å². The van der Waals surface area contributed by atoms with E-state index in [1.807, 2.05) is 24.3 Å². The molecule has 0 aliphatic carbocycles. The molecule has 1 amide bonds. The van der Waals surface area contributed by atoms with Gasteiger partial charge < -0.3 is 10.1 Å². The van der Waals surface area contributed by atoms with E-state index >= 15 is 0 Å². The van der Waals surface area contributed by atoms with Crippen molar-refractivity contribution >= 4 is 22.8 Å². The second-order valence-electron chi connectivity index (χ2n) is 5.02. The summed E-state index contributed by atoms with van der Waals surface area (Å²) in [6, 6.07) is 10.7. The first-order chi connectivity index (χ1) is 11.1. The third-order valence-corrected chi connectivity index (χ3v) is 3.60. The zero-order chi connectivity index (χ0) is 16.4. The number of para-hydroxylation sites is 2. The number of rotatable bonds is 4. The van der Waals surface area contributed by atoms with Crippen LogP contribution < -0.4 is 15.7 Å². The predicted molar refractivity (Wildman–Crippen MR) is 86.6 cm³/mol. The molecule has 0 aliphatic heterocycles. The van der Waals surface area contributed by atoms with Crippen molar-refractivity contribution in [3.05, 3.63) is 53.1 Å². The molecule has 0 bridgehead atoms. The second-order valence-corrected chi connectivity index (χ2v) is 5.02. The fourth-order valence-electron chi connectivity index (χ4n) is 2.48. The second kappa shape index (κ2) is 5.96. The van der Waals surface area contributed by atoms with E-state index in [4.69, 9.17) is 4.74 Å². The highest BCUT2D eigenvalue weighted by Gasteiger charge is 2.14. The lowest BCUT2D eigenvalue weighted by atomic mass is 10.3.